The number of rotatable bonds is 4. The molecule has 1 aliphatic heterocycles. The van der Waals surface area contributed by atoms with Gasteiger partial charge >= 0.3 is 6.03 Å². The first-order valence-corrected chi connectivity index (χ1v) is 7.94. The summed E-state index contributed by atoms with van der Waals surface area (Å²) in [5.41, 5.74) is 8.16. The molecule has 2 amide bonds. The number of primary amides is 1. The van der Waals surface area contributed by atoms with Gasteiger partial charge in [0.15, 0.2) is 0 Å². The molecule has 2 aromatic rings. The van der Waals surface area contributed by atoms with Crippen LogP contribution in [0.3, 0.4) is 0 Å². The Hall–Kier alpha value is -2.69. The molecule has 1 aliphatic rings. The van der Waals surface area contributed by atoms with Gasteiger partial charge in [-0.3, -0.25) is 0 Å². The summed E-state index contributed by atoms with van der Waals surface area (Å²) in [4.78, 5) is 13.3. The number of hydrogen-bond acceptors (Lipinski definition) is 3. The zero-order valence-corrected chi connectivity index (χ0v) is 13.0. The van der Waals surface area contributed by atoms with Crippen LogP contribution < -0.4 is 21.3 Å². The summed E-state index contributed by atoms with van der Waals surface area (Å²) < 4.78 is 0. The van der Waals surface area contributed by atoms with Crippen LogP contribution in [-0.2, 0) is 0 Å². The SMILES string of the molecule is NC(=O)Nc1cccc(NC2CCN(c3ccccc3)CC2)c1. The average molecular weight is 310 g/mol. The fraction of sp³-hybridized carbons (Fsp3) is 0.278. The van der Waals surface area contributed by atoms with E-state index in [2.05, 4.69) is 39.8 Å². The topological polar surface area (TPSA) is 70.4 Å². The predicted molar refractivity (Wildman–Crippen MR) is 94.9 cm³/mol. The van der Waals surface area contributed by atoms with Crippen LogP contribution in [0.5, 0.6) is 0 Å². The highest BCUT2D eigenvalue weighted by molar-refractivity contribution is 5.88. The summed E-state index contributed by atoms with van der Waals surface area (Å²) in [7, 11) is 0. The lowest BCUT2D eigenvalue weighted by atomic mass is 10.0. The van der Waals surface area contributed by atoms with Gasteiger partial charge in [-0.05, 0) is 43.2 Å². The molecule has 1 heterocycles. The van der Waals surface area contributed by atoms with E-state index in [1.165, 1.54) is 5.69 Å². The van der Waals surface area contributed by atoms with E-state index in [1.54, 1.807) is 0 Å². The Balaban J connectivity index is 1.55. The normalized spacial score (nSPS) is 15.2. The van der Waals surface area contributed by atoms with Crippen LogP contribution in [0.25, 0.3) is 0 Å². The van der Waals surface area contributed by atoms with Crippen LogP contribution in [0.4, 0.5) is 21.9 Å². The molecule has 3 rings (SSSR count). The van der Waals surface area contributed by atoms with Crippen molar-refractivity contribution in [2.24, 2.45) is 5.73 Å². The molecule has 0 spiro atoms. The summed E-state index contributed by atoms with van der Waals surface area (Å²) in [6.45, 7) is 2.09. The first-order valence-electron chi connectivity index (χ1n) is 7.94. The van der Waals surface area contributed by atoms with E-state index >= 15 is 0 Å². The van der Waals surface area contributed by atoms with E-state index in [-0.39, 0.29) is 0 Å². The second-order valence-electron chi connectivity index (χ2n) is 5.81. The number of nitrogens with one attached hydrogen (secondary N) is 2. The van der Waals surface area contributed by atoms with Crippen molar-refractivity contribution >= 4 is 23.1 Å². The second kappa shape index (κ2) is 7.05. The number of carbonyl (C=O) groups excluding carboxylic acids is 1. The van der Waals surface area contributed by atoms with Crippen molar-refractivity contribution in [3.05, 3.63) is 54.6 Å². The summed E-state index contributed by atoms with van der Waals surface area (Å²) in [5.74, 6) is 0. The van der Waals surface area contributed by atoms with E-state index in [9.17, 15) is 4.79 Å². The van der Waals surface area contributed by atoms with E-state index in [1.807, 2.05) is 30.3 Å². The van der Waals surface area contributed by atoms with Crippen molar-refractivity contribution in [1.82, 2.24) is 0 Å². The second-order valence-corrected chi connectivity index (χ2v) is 5.81. The molecule has 5 heteroatoms. The number of nitrogens with zero attached hydrogens (tertiary/aromatic N) is 1. The largest absolute Gasteiger partial charge is 0.382 e. The number of anilines is 3. The highest BCUT2D eigenvalue weighted by Crippen LogP contribution is 2.23. The zero-order valence-electron chi connectivity index (χ0n) is 13.0. The Morgan fingerprint density at radius 2 is 1.70 bits per heavy atom. The van der Waals surface area contributed by atoms with Gasteiger partial charge in [-0.15, -0.1) is 0 Å². The first-order chi connectivity index (χ1) is 11.2. The smallest absolute Gasteiger partial charge is 0.316 e. The first kappa shape index (κ1) is 15.2. The Morgan fingerprint density at radius 1 is 1.00 bits per heavy atom. The van der Waals surface area contributed by atoms with E-state index in [4.69, 9.17) is 5.73 Å². The van der Waals surface area contributed by atoms with Crippen molar-refractivity contribution < 1.29 is 4.79 Å². The number of urea groups is 1. The van der Waals surface area contributed by atoms with Crippen LogP contribution in [0.2, 0.25) is 0 Å². The molecule has 0 unspecified atom stereocenters. The van der Waals surface area contributed by atoms with Crippen LogP contribution in [0, 0.1) is 0 Å². The molecule has 5 nitrogen and oxygen atoms in total. The Bertz CT molecular complexity index is 651. The predicted octanol–water partition coefficient (Wildman–Crippen LogP) is 3.26. The lowest BCUT2D eigenvalue weighted by molar-refractivity contribution is 0.259. The fourth-order valence-corrected chi connectivity index (χ4v) is 2.99. The highest BCUT2D eigenvalue weighted by Gasteiger charge is 2.19. The van der Waals surface area contributed by atoms with Crippen molar-refractivity contribution in [1.29, 1.82) is 0 Å². The molecule has 1 saturated heterocycles. The molecule has 0 radical (unpaired) electrons. The number of hydrogen-bond donors (Lipinski definition) is 3. The van der Waals surface area contributed by atoms with Crippen LogP contribution in [0.15, 0.2) is 54.6 Å². The fourth-order valence-electron chi connectivity index (χ4n) is 2.99. The number of nitrogens with two attached hydrogens (primary N) is 1. The third kappa shape index (κ3) is 4.16. The standard InChI is InChI=1S/C18H22N4O/c19-18(23)21-16-6-4-5-15(13-16)20-14-9-11-22(12-10-14)17-7-2-1-3-8-17/h1-8,13-14,20H,9-12H2,(H3,19,21,23). The van der Waals surface area contributed by atoms with Gasteiger partial charge in [-0.2, -0.15) is 0 Å². The molecule has 0 atom stereocenters. The monoisotopic (exact) mass is 310 g/mol. The van der Waals surface area contributed by atoms with E-state index in [0.29, 0.717) is 11.7 Å². The molecule has 4 N–H and O–H groups in total. The van der Waals surface area contributed by atoms with E-state index in [0.717, 1.165) is 31.6 Å². The summed E-state index contributed by atoms with van der Waals surface area (Å²) in [6.07, 6.45) is 2.17. The van der Waals surface area contributed by atoms with Gasteiger partial charge in [0.25, 0.3) is 0 Å². The van der Waals surface area contributed by atoms with Gasteiger partial charge < -0.3 is 21.3 Å². The minimum Gasteiger partial charge on any atom is -0.382 e. The van der Waals surface area contributed by atoms with Crippen molar-refractivity contribution in [2.45, 2.75) is 18.9 Å². The van der Waals surface area contributed by atoms with Crippen LogP contribution in [0.1, 0.15) is 12.8 Å². The minimum absolute atomic E-state index is 0.443. The number of para-hydroxylation sites is 1. The summed E-state index contributed by atoms with van der Waals surface area (Å²) >= 11 is 0. The lowest BCUT2D eigenvalue weighted by Gasteiger charge is -2.34. The van der Waals surface area contributed by atoms with Crippen LogP contribution >= 0.6 is 0 Å². The summed E-state index contributed by atoms with van der Waals surface area (Å²) in [6, 6.07) is 18.1. The number of benzene rings is 2. The van der Waals surface area contributed by atoms with Gasteiger partial charge in [-0.1, -0.05) is 24.3 Å². The highest BCUT2D eigenvalue weighted by atomic mass is 16.2. The van der Waals surface area contributed by atoms with Gasteiger partial charge in [0.1, 0.15) is 0 Å². The molecule has 0 aliphatic carbocycles. The zero-order chi connectivity index (χ0) is 16.1. The molecule has 2 aromatic carbocycles. The molecular weight excluding hydrogens is 288 g/mol. The molecule has 1 fully saturated rings. The van der Waals surface area contributed by atoms with E-state index < -0.39 is 6.03 Å². The van der Waals surface area contributed by atoms with Gasteiger partial charge in [-0.25, -0.2) is 4.79 Å². The maximum absolute atomic E-state index is 10.9. The van der Waals surface area contributed by atoms with Crippen molar-refractivity contribution in [3.63, 3.8) is 0 Å². The maximum atomic E-state index is 10.9. The van der Waals surface area contributed by atoms with Crippen molar-refractivity contribution in [2.75, 3.05) is 28.6 Å². The molecule has 0 aromatic heterocycles. The third-order valence-electron chi connectivity index (χ3n) is 4.12. The average Bonchev–Trinajstić information content (AvgIpc) is 2.56. The lowest BCUT2D eigenvalue weighted by Crippen LogP contribution is -2.39. The Kier molecular flexibility index (Phi) is 4.66. The van der Waals surface area contributed by atoms with Gasteiger partial charge in [0.05, 0.1) is 0 Å². The van der Waals surface area contributed by atoms with Crippen molar-refractivity contribution in [3.8, 4) is 0 Å². The van der Waals surface area contributed by atoms with Crippen LogP contribution in [-0.4, -0.2) is 25.2 Å². The Labute approximate surface area is 136 Å². The number of piperidine rings is 1. The van der Waals surface area contributed by atoms with Gasteiger partial charge in [0.2, 0.25) is 0 Å². The molecule has 0 saturated carbocycles. The third-order valence-corrected chi connectivity index (χ3v) is 4.12. The molecule has 120 valence electrons. The number of carbonyl (C=O) groups is 1. The molecule has 23 heavy (non-hydrogen) atoms. The van der Waals surface area contributed by atoms with Gasteiger partial charge in [0, 0.05) is 36.2 Å². The maximum Gasteiger partial charge on any atom is 0.316 e. The minimum atomic E-state index is -0.543. The quantitative estimate of drug-likeness (QED) is 0.812. The molecular formula is C18H22N4O. The number of amides is 2. The summed E-state index contributed by atoms with van der Waals surface area (Å²) in [5, 5.41) is 6.15. The Morgan fingerprint density at radius 3 is 2.39 bits per heavy atom. The molecule has 0 bridgehead atoms.